The number of hydrogen-bond donors (Lipinski definition) is 1. The zero-order valence-electron chi connectivity index (χ0n) is 17.7. The van der Waals surface area contributed by atoms with Gasteiger partial charge in [0.1, 0.15) is 6.54 Å². The SMILES string of the molecule is O=C(CN(c1cccc(Br)c1)S(=O)(=O)c1ccccc1)Nc1ccc2c3c(cccc13)CC2. The first kappa shape index (κ1) is 21.7. The van der Waals surface area contributed by atoms with Crippen LogP contribution in [0.25, 0.3) is 10.8 Å². The monoisotopic (exact) mass is 520 g/mol. The van der Waals surface area contributed by atoms with Crippen LogP contribution in [0.3, 0.4) is 0 Å². The second-order valence-corrected chi connectivity index (χ2v) is 10.7. The average Bonchev–Trinajstić information content (AvgIpc) is 3.24. The van der Waals surface area contributed by atoms with E-state index in [0.29, 0.717) is 11.4 Å². The summed E-state index contributed by atoms with van der Waals surface area (Å²) in [6.45, 7) is -0.351. The van der Waals surface area contributed by atoms with Crippen LogP contribution in [-0.2, 0) is 27.7 Å². The van der Waals surface area contributed by atoms with E-state index in [2.05, 4.69) is 27.3 Å². The van der Waals surface area contributed by atoms with Crippen molar-refractivity contribution in [2.24, 2.45) is 0 Å². The number of carbonyl (C=O) groups is 1. The van der Waals surface area contributed by atoms with Gasteiger partial charge in [-0.3, -0.25) is 9.10 Å². The summed E-state index contributed by atoms with van der Waals surface area (Å²) in [7, 11) is -3.95. The highest BCUT2D eigenvalue weighted by Crippen LogP contribution is 2.35. The Kier molecular flexibility index (Phi) is 5.68. The van der Waals surface area contributed by atoms with Crippen LogP contribution in [0.5, 0.6) is 0 Å². The third-order valence-corrected chi connectivity index (χ3v) is 8.15. The average molecular weight is 521 g/mol. The lowest BCUT2D eigenvalue weighted by atomic mass is 10.0. The van der Waals surface area contributed by atoms with Gasteiger partial charge in [-0.1, -0.05) is 64.5 Å². The Bertz CT molecular complexity index is 1460. The Morgan fingerprint density at radius 1 is 0.879 bits per heavy atom. The van der Waals surface area contributed by atoms with Crippen LogP contribution in [0.2, 0.25) is 0 Å². The molecule has 0 heterocycles. The zero-order valence-corrected chi connectivity index (χ0v) is 20.1. The maximum atomic E-state index is 13.5. The molecule has 166 valence electrons. The normalized spacial score (nSPS) is 12.6. The van der Waals surface area contributed by atoms with E-state index in [9.17, 15) is 13.2 Å². The lowest BCUT2D eigenvalue weighted by Gasteiger charge is -2.24. The van der Waals surface area contributed by atoms with Crippen molar-refractivity contribution in [3.63, 3.8) is 0 Å². The molecule has 4 aromatic carbocycles. The van der Waals surface area contributed by atoms with Crippen molar-refractivity contribution in [1.29, 1.82) is 0 Å². The summed E-state index contributed by atoms with van der Waals surface area (Å²) in [5.41, 5.74) is 3.65. The molecule has 1 N–H and O–H groups in total. The molecule has 0 radical (unpaired) electrons. The summed E-state index contributed by atoms with van der Waals surface area (Å²) in [4.78, 5) is 13.3. The molecule has 5 nitrogen and oxygen atoms in total. The van der Waals surface area contributed by atoms with Gasteiger partial charge in [-0.15, -0.1) is 0 Å². The highest BCUT2D eigenvalue weighted by atomic mass is 79.9. The molecular formula is C26H21BrN2O3S. The van der Waals surface area contributed by atoms with E-state index in [1.54, 1.807) is 36.4 Å². The first-order valence-electron chi connectivity index (χ1n) is 10.6. The fourth-order valence-corrected chi connectivity index (χ4v) is 6.16. The Labute approximate surface area is 201 Å². The number of aryl methyl sites for hydroxylation is 2. The Hall–Kier alpha value is -3.16. The minimum Gasteiger partial charge on any atom is -0.324 e. The molecule has 33 heavy (non-hydrogen) atoms. The van der Waals surface area contributed by atoms with E-state index in [4.69, 9.17) is 0 Å². The number of nitrogens with one attached hydrogen (secondary N) is 1. The maximum Gasteiger partial charge on any atom is 0.264 e. The zero-order chi connectivity index (χ0) is 23.0. The van der Waals surface area contributed by atoms with Gasteiger partial charge in [0.25, 0.3) is 10.0 Å². The fraction of sp³-hybridized carbons (Fsp3) is 0.115. The topological polar surface area (TPSA) is 66.5 Å². The van der Waals surface area contributed by atoms with Gasteiger partial charge in [-0.2, -0.15) is 0 Å². The Balaban J connectivity index is 1.49. The smallest absolute Gasteiger partial charge is 0.264 e. The number of hydrogen-bond acceptors (Lipinski definition) is 3. The standard InChI is InChI=1S/C26H21BrN2O3S/c27-20-7-5-8-21(16-20)29(33(31,32)22-9-2-1-3-10-22)17-25(30)28-24-15-14-19-13-12-18-6-4-11-23(24)26(18)19/h1-11,14-16H,12-13,17H2,(H,28,30). The first-order chi connectivity index (χ1) is 15.9. The van der Waals surface area contributed by atoms with Gasteiger partial charge in [0.05, 0.1) is 10.6 Å². The molecule has 0 fully saturated rings. The van der Waals surface area contributed by atoms with Crippen molar-refractivity contribution >= 4 is 54.0 Å². The van der Waals surface area contributed by atoms with Crippen molar-refractivity contribution in [2.75, 3.05) is 16.2 Å². The first-order valence-corrected chi connectivity index (χ1v) is 12.8. The fourth-order valence-electron chi connectivity index (χ4n) is 4.34. The van der Waals surface area contributed by atoms with Crippen LogP contribution >= 0.6 is 15.9 Å². The minimum atomic E-state index is -3.95. The molecule has 1 aliphatic carbocycles. The molecule has 0 atom stereocenters. The Morgan fingerprint density at radius 2 is 1.61 bits per heavy atom. The highest BCUT2D eigenvalue weighted by Gasteiger charge is 2.27. The molecule has 0 saturated carbocycles. The number of benzene rings is 4. The van der Waals surface area contributed by atoms with Crippen molar-refractivity contribution in [3.05, 3.63) is 101 Å². The van der Waals surface area contributed by atoms with Gasteiger partial charge in [0, 0.05) is 15.5 Å². The Morgan fingerprint density at radius 3 is 2.36 bits per heavy atom. The molecule has 7 heteroatoms. The summed E-state index contributed by atoms with van der Waals surface area (Å²) in [6.07, 6.45) is 1.99. The molecule has 0 unspecified atom stereocenters. The van der Waals surface area contributed by atoms with Crippen LogP contribution in [0.4, 0.5) is 11.4 Å². The second-order valence-electron chi connectivity index (χ2n) is 7.96. The van der Waals surface area contributed by atoms with E-state index < -0.39 is 15.9 Å². The quantitative estimate of drug-likeness (QED) is 0.363. The van der Waals surface area contributed by atoms with Crippen LogP contribution in [0, 0.1) is 0 Å². The molecular weight excluding hydrogens is 500 g/mol. The van der Waals surface area contributed by atoms with Crippen LogP contribution < -0.4 is 9.62 Å². The predicted molar refractivity (Wildman–Crippen MR) is 135 cm³/mol. The molecule has 0 saturated heterocycles. The molecule has 5 rings (SSSR count). The van der Waals surface area contributed by atoms with Crippen LogP contribution in [0.1, 0.15) is 11.1 Å². The number of sulfonamides is 1. The number of amides is 1. The third-order valence-electron chi connectivity index (χ3n) is 5.87. The van der Waals surface area contributed by atoms with E-state index in [1.807, 2.05) is 30.3 Å². The van der Waals surface area contributed by atoms with Gasteiger partial charge in [-0.25, -0.2) is 8.42 Å². The summed E-state index contributed by atoms with van der Waals surface area (Å²) in [5.74, 6) is -0.409. The van der Waals surface area contributed by atoms with Gasteiger partial charge in [0.15, 0.2) is 0 Å². The highest BCUT2D eigenvalue weighted by molar-refractivity contribution is 9.10. The number of rotatable bonds is 6. The summed E-state index contributed by atoms with van der Waals surface area (Å²) in [6, 6.07) is 25.1. The molecule has 0 aliphatic heterocycles. The van der Waals surface area contributed by atoms with Crippen LogP contribution in [-0.4, -0.2) is 20.9 Å². The lowest BCUT2D eigenvalue weighted by Crippen LogP contribution is -2.38. The van der Waals surface area contributed by atoms with Crippen LogP contribution in [0.15, 0.2) is 94.3 Å². The van der Waals surface area contributed by atoms with Gasteiger partial charge in [0.2, 0.25) is 5.91 Å². The second kappa shape index (κ2) is 8.65. The van der Waals surface area contributed by atoms with Gasteiger partial charge >= 0.3 is 0 Å². The predicted octanol–water partition coefficient (Wildman–Crippen LogP) is 5.53. The van der Waals surface area contributed by atoms with E-state index in [0.717, 1.165) is 27.0 Å². The number of anilines is 2. The van der Waals surface area contributed by atoms with E-state index in [1.165, 1.54) is 28.6 Å². The molecule has 0 aromatic heterocycles. The van der Waals surface area contributed by atoms with Gasteiger partial charge < -0.3 is 5.32 Å². The van der Waals surface area contributed by atoms with Gasteiger partial charge in [-0.05, 0) is 65.8 Å². The number of halogens is 1. The van der Waals surface area contributed by atoms with Crippen molar-refractivity contribution in [1.82, 2.24) is 0 Å². The number of nitrogens with zero attached hydrogens (tertiary/aromatic N) is 1. The molecule has 0 spiro atoms. The lowest BCUT2D eigenvalue weighted by molar-refractivity contribution is -0.114. The molecule has 0 bridgehead atoms. The largest absolute Gasteiger partial charge is 0.324 e. The van der Waals surface area contributed by atoms with Crippen molar-refractivity contribution in [3.8, 4) is 0 Å². The van der Waals surface area contributed by atoms with E-state index in [-0.39, 0.29) is 11.4 Å². The molecule has 1 aliphatic rings. The summed E-state index contributed by atoms with van der Waals surface area (Å²) < 4.78 is 28.8. The minimum absolute atomic E-state index is 0.128. The summed E-state index contributed by atoms with van der Waals surface area (Å²) in [5, 5.41) is 5.12. The molecule has 4 aromatic rings. The van der Waals surface area contributed by atoms with E-state index >= 15 is 0 Å². The van der Waals surface area contributed by atoms with Crippen molar-refractivity contribution in [2.45, 2.75) is 17.7 Å². The number of carbonyl (C=O) groups excluding carboxylic acids is 1. The van der Waals surface area contributed by atoms with Crippen molar-refractivity contribution < 1.29 is 13.2 Å². The third kappa shape index (κ3) is 4.14. The summed E-state index contributed by atoms with van der Waals surface area (Å²) >= 11 is 3.40. The maximum absolute atomic E-state index is 13.5. The molecule has 1 amide bonds.